The largest absolute Gasteiger partial charge is 0.451 e. The first-order chi connectivity index (χ1) is 13.7. The van der Waals surface area contributed by atoms with Crippen molar-refractivity contribution in [3.8, 4) is 11.3 Å². The van der Waals surface area contributed by atoms with Crippen LogP contribution >= 0.6 is 11.6 Å². The first-order valence-corrected chi connectivity index (χ1v) is 9.61. The Hall–Kier alpha value is -3.05. The van der Waals surface area contributed by atoms with Gasteiger partial charge in [0.15, 0.2) is 5.76 Å². The lowest BCUT2D eigenvalue weighted by Gasteiger charge is -2.35. The van der Waals surface area contributed by atoms with Crippen LogP contribution < -0.4 is 5.43 Å². The van der Waals surface area contributed by atoms with E-state index >= 15 is 0 Å². The molecule has 29 heavy (non-hydrogen) atoms. The molecule has 6 heteroatoms. The number of hydrogen-bond acceptors (Lipinski definition) is 3. The first kappa shape index (κ1) is 20.7. The number of carbonyl (C=O) groups excluding carboxylic acids is 2. The van der Waals surface area contributed by atoms with Crippen molar-refractivity contribution in [1.82, 2.24) is 10.4 Å². The van der Waals surface area contributed by atoms with Crippen molar-refractivity contribution >= 4 is 23.4 Å². The predicted octanol–water partition coefficient (Wildman–Crippen LogP) is 5.49. The number of halogens is 1. The normalized spacial score (nSPS) is 11.2. The number of carbonyl (C=O) groups is 2. The van der Waals surface area contributed by atoms with Crippen molar-refractivity contribution < 1.29 is 14.0 Å². The van der Waals surface area contributed by atoms with Crippen LogP contribution in [0, 0.1) is 6.92 Å². The molecular formula is C23H23ClN2O3. The molecule has 0 unspecified atom stereocenters. The monoisotopic (exact) mass is 410 g/mol. The molecule has 0 saturated heterocycles. The van der Waals surface area contributed by atoms with Gasteiger partial charge in [-0.1, -0.05) is 41.4 Å². The van der Waals surface area contributed by atoms with Crippen LogP contribution in [0.3, 0.4) is 0 Å². The summed E-state index contributed by atoms with van der Waals surface area (Å²) in [5, 5.41) is 1.84. The van der Waals surface area contributed by atoms with Gasteiger partial charge < -0.3 is 4.42 Å². The van der Waals surface area contributed by atoms with Gasteiger partial charge >= 0.3 is 5.91 Å². The Morgan fingerprint density at radius 1 is 0.966 bits per heavy atom. The third kappa shape index (κ3) is 4.69. The minimum absolute atomic E-state index is 0.0888. The Labute approximate surface area is 175 Å². The van der Waals surface area contributed by atoms with Gasteiger partial charge in [-0.15, -0.1) is 0 Å². The Morgan fingerprint density at radius 3 is 2.24 bits per heavy atom. The quantitative estimate of drug-likeness (QED) is 0.580. The van der Waals surface area contributed by atoms with Gasteiger partial charge in [-0.25, -0.2) is 5.01 Å². The summed E-state index contributed by atoms with van der Waals surface area (Å²) in [7, 11) is 0. The molecule has 0 aliphatic carbocycles. The van der Waals surface area contributed by atoms with Gasteiger partial charge in [-0.2, -0.15) is 0 Å². The summed E-state index contributed by atoms with van der Waals surface area (Å²) in [5.41, 5.74) is 4.27. The second kappa shape index (κ2) is 8.13. The average molecular weight is 411 g/mol. The molecule has 3 aromatic rings. The molecule has 2 aromatic carbocycles. The fourth-order valence-electron chi connectivity index (χ4n) is 2.77. The van der Waals surface area contributed by atoms with Crippen LogP contribution in [0.1, 0.15) is 47.2 Å². The molecule has 0 saturated carbocycles. The molecule has 0 aliphatic rings. The number of benzene rings is 2. The lowest BCUT2D eigenvalue weighted by Crippen LogP contribution is -2.55. The van der Waals surface area contributed by atoms with Crippen LogP contribution in [0.4, 0.5) is 0 Å². The molecule has 1 N–H and O–H groups in total. The summed E-state index contributed by atoms with van der Waals surface area (Å²) in [6.45, 7) is 7.48. The second-order valence-electron chi connectivity index (χ2n) is 7.76. The Bertz CT molecular complexity index is 1030. The number of nitrogens with one attached hydrogen (secondary N) is 1. The van der Waals surface area contributed by atoms with Crippen LogP contribution in [0.25, 0.3) is 11.3 Å². The number of nitrogens with zero attached hydrogens (tertiary/aromatic N) is 1. The molecule has 5 nitrogen and oxygen atoms in total. The van der Waals surface area contributed by atoms with Crippen LogP contribution in [0.5, 0.6) is 0 Å². The fourth-order valence-corrected chi connectivity index (χ4v) is 3.00. The topological polar surface area (TPSA) is 62.6 Å². The van der Waals surface area contributed by atoms with E-state index in [-0.39, 0.29) is 11.7 Å². The van der Waals surface area contributed by atoms with Crippen LogP contribution in [-0.2, 0) is 0 Å². The molecule has 1 aromatic heterocycles. The highest BCUT2D eigenvalue weighted by molar-refractivity contribution is 6.33. The molecular weight excluding hydrogens is 388 g/mol. The smallest absolute Gasteiger partial charge is 0.305 e. The molecule has 0 atom stereocenters. The first-order valence-electron chi connectivity index (χ1n) is 9.24. The lowest BCUT2D eigenvalue weighted by molar-refractivity contribution is 0.0349. The number of hydrogen-bond donors (Lipinski definition) is 1. The summed E-state index contributed by atoms with van der Waals surface area (Å²) >= 11 is 6.20. The van der Waals surface area contributed by atoms with Gasteiger partial charge in [0.1, 0.15) is 5.76 Å². The van der Waals surface area contributed by atoms with Crippen molar-refractivity contribution in [2.75, 3.05) is 0 Å². The molecule has 0 radical (unpaired) electrons. The lowest BCUT2D eigenvalue weighted by atomic mass is 10.1. The Morgan fingerprint density at radius 2 is 1.62 bits per heavy atom. The third-order valence-corrected chi connectivity index (χ3v) is 4.68. The Balaban J connectivity index is 1.83. The predicted molar refractivity (Wildman–Crippen MR) is 114 cm³/mol. The highest BCUT2D eigenvalue weighted by atomic mass is 35.5. The maximum Gasteiger partial charge on any atom is 0.305 e. The van der Waals surface area contributed by atoms with Gasteiger partial charge in [0.25, 0.3) is 5.91 Å². The number of hydrazine groups is 1. The van der Waals surface area contributed by atoms with Crippen molar-refractivity contribution in [3.63, 3.8) is 0 Å². The summed E-state index contributed by atoms with van der Waals surface area (Å²) in [6.07, 6.45) is 0. The van der Waals surface area contributed by atoms with E-state index in [1.165, 1.54) is 5.01 Å². The van der Waals surface area contributed by atoms with E-state index in [0.29, 0.717) is 21.9 Å². The average Bonchev–Trinajstić information content (AvgIpc) is 3.15. The highest BCUT2D eigenvalue weighted by Crippen LogP contribution is 2.29. The zero-order chi connectivity index (χ0) is 21.2. The molecule has 150 valence electrons. The van der Waals surface area contributed by atoms with Crippen molar-refractivity contribution in [1.29, 1.82) is 0 Å². The molecule has 3 rings (SSSR count). The summed E-state index contributed by atoms with van der Waals surface area (Å²) in [4.78, 5) is 25.8. The minimum Gasteiger partial charge on any atom is -0.451 e. The number of furan rings is 1. The molecule has 0 bridgehead atoms. The Kier molecular flexibility index (Phi) is 5.80. The van der Waals surface area contributed by atoms with Crippen molar-refractivity contribution in [3.05, 3.63) is 82.6 Å². The van der Waals surface area contributed by atoms with Gasteiger partial charge in [-0.3, -0.25) is 15.0 Å². The van der Waals surface area contributed by atoms with E-state index < -0.39 is 11.4 Å². The summed E-state index contributed by atoms with van der Waals surface area (Å²) in [5.74, 6) is -0.249. The highest BCUT2D eigenvalue weighted by Gasteiger charge is 2.30. The van der Waals surface area contributed by atoms with Crippen molar-refractivity contribution in [2.45, 2.75) is 33.2 Å². The zero-order valence-electron chi connectivity index (χ0n) is 16.8. The maximum atomic E-state index is 13.0. The van der Waals surface area contributed by atoms with E-state index in [9.17, 15) is 9.59 Å². The van der Waals surface area contributed by atoms with Gasteiger partial charge in [0.2, 0.25) is 0 Å². The van der Waals surface area contributed by atoms with Gasteiger partial charge in [0, 0.05) is 11.1 Å². The number of rotatable bonds is 3. The number of aryl methyl sites for hydroxylation is 1. The van der Waals surface area contributed by atoms with Gasteiger partial charge in [-0.05, 0) is 64.1 Å². The van der Waals surface area contributed by atoms with E-state index in [4.69, 9.17) is 16.0 Å². The van der Waals surface area contributed by atoms with E-state index in [0.717, 1.165) is 5.56 Å². The molecule has 0 aliphatic heterocycles. The molecule has 2 amide bonds. The standard InChI is InChI=1S/C23H23ClN2O3/c1-15-9-11-16(12-10-15)22(28)26(23(2,3)4)25-21(27)20-14-13-19(29-20)17-7-5-6-8-18(17)24/h5-14H,1-4H3,(H,25,27). The van der Waals surface area contributed by atoms with E-state index in [1.807, 2.05) is 58.0 Å². The van der Waals surface area contributed by atoms with Crippen LogP contribution in [-0.4, -0.2) is 22.4 Å². The molecule has 1 heterocycles. The summed E-state index contributed by atoms with van der Waals surface area (Å²) < 4.78 is 5.69. The molecule has 0 spiro atoms. The molecule has 0 fully saturated rings. The minimum atomic E-state index is -0.643. The third-order valence-electron chi connectivity index (χ3n) is 4.35. The van der Waals surface area contributed by atoms with E-state index in [2.05, 4.69) is 5.43 Å². The fraction of sp³-hybridized carbons (Fsp3) is 0.217. The van der Waals surface area contributed by atoms with E-state index in [1.54, 1.807) is 30.3 Å². The van der Waals surface area contributed by atoms with Crippen molar-refractivity contribution in [2.24, 2.45) is 0 Å². The maximum absolute atomic E-state index is 13.0. The summed E-state index contributed by atoms with van der Waals surface area (Å²) in [6, 6.07) is 17.7. The SMILES string of the molecule is Cc1ccc(C(=O)N(NC(=O)c2ccc(-c3ccccc3Cl)o2)C(C)(C)C)cc1. The second-order valence-corrected chi connectivity index (χ2v) is 8.17. The van der Waals surface area contributed by atoms with Crippen LogP contribution in [0.2, 0.25) is 5.02 Å². The van der Waals surface area contributed by atoms with Gasteiger partial charge in [0.05, 0.1) is 10.6 Å². The van der Waals surface area contributed by atoms with Crippen LogP contribution in [0.15, 0.2) is 65.1 Å². The number of amides is 2. The zero-order valence-corrected chi connectivity index (χ0v) is 17.6.